The van der Waals surface area contributed by atoms with Crippen molar-refractivity contribution in [2.45, 2.75) is 51.2 Å². The minimum absolute atomic E-state index is 0.244. The molecule has 5 heteroatoms. The van der Waals surface area contributed by atoms with E-state index in [2.05, 4.69) is 9.71 Å². The SMILES string of the molecule is Cc1cnc(C)c(NS(=O)(=O)C2CCCCC2)c1. The lowest BCUT2D eigenvalue weighted by Crippen LogP contribution is -2.30. The van der Waals surface area contributed by atoms with E-state index in [4.69, 9.17) is 0 Å². The normalized spacial score (nSPS) is 17.7. The van der Waals surface area contributed by atoms with Gasteiger partial charge in [-0.05, 0) is 38.3 Å². The zero-order valence-electron chi connectivity index (χ0n) is 10.9. The summed E-state index contributed by atoms with van der Waals surface area (Å²) >= 11 is 0. The van der Waals surface area contributed by atoms with E-state index in [1.165, 1.54) is 0 Å². The number of rotatable bonds is 3. The first-order valence-electron chi connectivity index (χ1n) is 6.44. The van der Waals surface area contributed by atoms with Crippen molar-refractivity contribution in [3.05, 3.63) is 23.5 Å². The van der Waals surface area contributed by atoms with E-state index in [-0.39, 0.29) is 5.25 Å². The van der Waals surface area contributed by atoms with E-state index in [0.717, 1.165) is 43.4 Å². The second-order valence-electron chi connectivity index (χ2n) is 5.05. The molecule has 0 spiro atoms. The number of nitrogens with zero attached hydrogens (tertiary/aromatic N) is 1. The molecule has 1 aromatic heterocycles. The fourth-order valence-electron chi connectivity index (χ4n) is 2.35. The topological polar surface area (TPSA) is 59.1 Å². The maximum atomic E-state index is 12.3. The van der Waals surface area contributed by atoms with Crippen molar-refractivity contribution < 1.29 is 8.42 Å². The molecule has 1 aliphatic carbocycles. The summed E-state index contributed by atoms with van der Waals surface area (Å²) in [5, 5.41) is -0.244. The Morgan fingerprint density at radius 3 is 2.56 bits per heavy atom. The largest absolute Gasteiger partial charge is 0.281 e. The second-order valence-corrected chi connectivity index (χ2v) is 7.01. The van der Waals surface area contributed by atoms with Crippen molar-refractivity contribution in [1.29, 1.82) is 0 Å². The highest BCUT2D eigenvalue weighted by atomic mass is 32.2. The first-order chi connectivity index (χ1) is 8.49. The fraction of sp³-hybridized carbons (Fsp3) is 0.615. The molecular formula is C13H20N2O2S. The predicted molar refractivity (Wildman–Crippen MR) is 73.1 cm³/mol. The molecule has 1 aromatic rings. The number of hydrogen-bond acceptors (Lipinski definition) is 3. The highest BCUT2D eigenvalue weighted by molar-refractivity contribution is 7.93. The van der Waals surface area contributed by atoms with Gasteiger partial charge in [-0.25, -0.2) is 8.42 Å². The molecule has 1 aliphatic rings. The van der Waals surface area contributed by atoms with Crippen LogP contribution >= 0.6 is 0 Å². The Hall–Kier alpha value is -1.10. The third-order valence-electron chi connectivity index (χ3n) is 3.47. The monoisotopic (exact) mass is 268 g/mol. The van der Waals surface area contributed by atoms with Gasteiger partial charge in [0.15, 0.2) is 0 Å². The number of aryl methyl sites for hydroxylation is 2. The van der Waals surface area contributed by atoms with Gasteiger partial charge >= 0.3 is 0 Å². The van der Waals surface area contributed by atoms with Crippen LogP contribution in [0.1, 0.15) is 43.4 Å². The van der Waals surface area contributed by atoms with Gasteiger partial charge in [-0.15, -0.1) is 0 Å². The molecule has 1 N–H and O–H groups in total. The fourth-order valence-corrected chi connectivity index (χ4v) is 3.99. The van der Waals surface area contributed by atoms with Crippen molar-refractivity contribution in [3.8, 4) is 0 Å². The first-order valence-corrected chi connectivity index (χ1v) is 7.98. The molecule has 0 saturated heterocycles. The van der Waals surface area contributed by atoms with E-state index < -0.39 is 10.0 Å². The number of hydrogen-bond donors (Lipinski definition) is 1. The Balaban J connectivity index is 2.18. The molecule has 0 atom stereocenters. The maximum absolute atomic E-state index is 12.3. The summed E-state index contributed by atoms with van der Waals surface area (Å²) in [4.78, 5) is 4.18. The predicted octanol–water partition coefficient (Wildman–Crippen LogP) is 2.77. The zero-order valence-corrected chi connectivity index (χ0v) is 11.8. The molecule has 1 saturated carbocycles. The van der Waals surface area contributed by atoms with Gasteiger partial charge in [0.2, 0.25) is 10.0 Å². The standard InChI is InChI=1S/C13H20N2O2S/c1-10-8-13(11(2)14-9-10)15-18(16,17)12-6-4-3-5-7-12/h8-9,12,15H,3-7H2,1-2H3. The third kappa shape index (κ3) is 3.02. The van der Waals surface area contributed by atoms with Crippen LogP contribution in [0.5, 0.6) is 0 Å². The summed E-state index contributed by atoms with van der Waals surface area (Å²) in [5.74, 6) is 0. The van der Waals surface area contributed by atoms with Crippen LogP contribution in [0.25, 0.3) is 0 Å². The minimum atomic E-state index is -3.27. The molecule has 2 rings (SSSR count). The molecule has 1 heterocycles. The van der Waals surface area contributed by atoms with Crippen LogP contribution in [0, 0.1) is 13.8 Å². The lowest BCUT2D eigenvalue weighted by Gasteiger charge is -2.22. The van der Waals surface area contributed by atoms with E-state index in [1.54, 1.807) is 6.20 Å². The summed E-state index contributed by atoms with van der Waals surface area (Å²) in [6.45, 7) is 3.73. The highest BCUT2D eigenvalue weighted by Gasteiger charge is 2.27. The van der Waals surface area contributed by atoms with Gasteiger partial charge in [-0.1, -0.05) is 19.3 Å². The summed E-state index contributed by atoms with van der Waals surface area (Å²) in [6, 6.07) is 1.84. The summed E-state index contributed by atoms with van der Waals surface area (Å²) < 4.78 is 27.3. The zero-order chi connectivity index (χ0) is 13.2. The molecule has 0 radical (unpaired) electrons. The van der Waals surface area contributed by atoms with Crippen molar-refractivity contribution in [1.82, 2.24) is 4.98 Å². The molecule has 1 fully saturated rings. The van der Waals surface area contributed by atoms with Gasteiger partial charge < -0.3 is 0 Å². The Labute approximate surface area is 109 Å². The van der Waals surface area contributed by atoms with Crippen molar-refractivity contribution in [2.75, 3.05) is 4.72 Å². The van der Waals surface area contributed by atoms with E-state index in [1.807, 2.05) is 19.9 Å². The van der Waals surface area contributed by atoms with Crippen LogP contribution in [0.3, 0.4) is 0 Å². The van der Waals surface area contributed by atoms with Crippen LogP contribution in [0.15, 0.2) is 12.3 Å². The van der Waals surface area contributed by atoms with Gasteiger partial charge in [-0.2, -0.15) is 0 Å². The lowest BCUT2D eigenvalue weighted by molar-refractivity contribution is 0.486. The Morgan fingerprint density at radius 2 is 1.89 bits per heavy atom. The molecule has 0 bridgehead atoms. The Bertz CT molecular complexity index is 520. The number of aromatic nitrogens is 1. The average Bonchev–Trinajstić information content (AvgIpc) is 2.35. The quantitative estimate of drug-likeness (QED) is 0.917. The number of sulfonamides is 1. The van der Waals surface area contributed by atoms with Crippen LogP contribution in [0.2, 0.25) is 0 Å². The Morgan fingerprint density at radius 1 is 1.22 bits per heavy atom. The molecule has 18 heavy (non-hydrogen) atoms. The average molecular weight is 268 g/mol. The molecular weight excluding hydrogens is 248 g/mol. The Kier molecular flexibility index (Phi) is 3.90. The molecule has 0 aromatic carbocycles. The maximum Gasteiger partial charge on any atom is 0.235 e. The smallest absolute Gasteiger partial charge is 0.235 e. The number of nitrogens with one attached hydrogen (secondary N) is 1. The number of pyridine rings is 1. The van der Waals surface area contributed by atoms with Crippen LogP contribution in [0.4, 0.5) is 5.69 Å². The van der Waals surface area contributed by atoms with Crippen LogP contribution < -0.4 is 4.72 Å². The van der Waals surface area contributed by atoms with Crippen molar-refractivity contribution >= 4 is 15.7 Å². The second kappa shape index (κ2) is 5.26. The van der Waals surface area contributed by atoms with Crippen molar-refractivity contribution in [2.24, 2.45) is 0 Å². The van der Waals surface area contributed by atoms with E-state index in [0.29, 0.717) is 5.69 Å². The minimum Gasteiger partial charge on any atom is -0.281 e. The molecule has 4 nitrogen and oxygen atoms in total. The molecule has 0 amide bonds. The van der Waals surface area contributed by atoms with Gasteiger partial charge in [0.25, 0.3) is 0 Å². The summed E-state index contributed by atoms with van der Waals surface area (Å²) in [5.41, 5.74) is 2.29. The van der Waals surface area contributed by atoms with E-state index >= 15 is 0 Å². The molecule has 100 valence electrons. The van der Waals surface area contributed by atoms with Gasteiger partial charge in [0.05, 0.1) is 16.6 Å². The number of anilines is 1. The summed E-state index contributed by atoms with van der Waals surface area (Å²) in [6.07, 6.45) is 6.46. The van der Waals surface area contributed by atoms with Crippen LogP contribution in [-0.2, 0) is 10.0 Å². The summed E-state index contributed by atoms with van der Waals surface area (Å²) in [7, 11) is -3.27. The van der Waals surface area contributed by atoms with E-state index in [9.17, 15) is 8.42 Å². The highest BCUT2D eigenvalue weighted by Crippen LogP contribution is 2.26. The van der Waals surface area contributed by atoms with Gasteiger partial charge in [0.1, 0.15) is 0 Å². The van der Waals surface area contributed by atoms with Gasteiger partial charge in [-0.3, -0.25) is 9.71 Å². The lowest BCUT2D eigenvalue weighted by atomic mass is 10.0. The van der Waals surface area contributed by atoms with Gasteiger partial charge in [0, 0.05) is 6.20 Å². The molecule has 0 unspecified atom stereocenters. The first kappa shape index (κ1) is 13.3. The third-order valence-corrected chi connectivity index (χ3v) is 5.32. The molecule has 0 aliphatic heterocycles. The van der Waals surface area contributed by atoms with Crippen molar-refractivity contribution in [3.63, 3.8) is 0 Å². The van der Waals surface area contributed by atoms with Crippen LogP contribution in [-0.4, -0.2) is 18.7 Å².